The lowest BCUT2D eigenvalue weighted by atomic mass is 9.67. The number of nitrogen functional groups attached to an aromatic ring is 1. The van der Waals surface area contributed by atoms with E-state index < -0.39 is 5.60 Å². The minimum Gasteiger partial charge on any atom is -0.385 e. The van der Waals surface area contributed by atoms with Gasteiger partial charge in [0.05, 0.1) is 5.60 Å². The van der Waals surface area contributed by atoms with E-state index in [1.54, 1.807) is 12.4 Å². The molecule has 1 aromatic heterocycles. The first-order valence-electron chi connectivity index (χ1n) is 9.13. The fraction of sp³-hybridized carbons (Fsp3) is 0.500. The van der Waals surface area contributed by atoms with E-state index in [-0.39, 0.29) is 0 Å². The SMILES string of the molecule is Cc1ccc([C@@]2(O)CCC[C@@H]3CN(Cc4cnc(N)nc4)C[C@@H]32)cc1. The summed E-state index contributed by atoms with van der Waals surface area (Å²) in [4.78, 5) is 10.6. The molecule has 5 nitrogen and oxygen atoms in total. The standard InChI is InChI=1S/C20H26N4O/c1-14-4-6-17(7-5-14)20(25)8-2-3-16-12-24(13-18(16)20)11-15-9-22-19(21)23-10-15/h4-7,9-10,16,18,25H,2-3,8,11-13H2,1H3,(H2,21,22,23)/t16-,18+,20+/m1/s1. The fourth-order valence-corrected chi connectivity index (χ4v) is 4.65. The van der Waals surface area contributed by atoms with Crippen LogP contribution in [0, 0.1) is 18.8 Å². The molecule has 1 aliphatic heterocycles. The second-order valence-electron chi connectivity index (χ2n) is 7.69. The Hall–Kier alpha value is -1.98. The van der Waals surface area contributed by atoms with Crippen molar-refractivity contribution in [3.05, 3.63) is 53.3 Å². The van der Waals surface area contributed by atoms with E-state index in [1.165, 1.54) is 12.0 Å². The number of aliphatic hydroxyl groups is 1. The highest BCUT2D eigenvalue weighted by atomic mass is 16.3. The highest BCUT2D eigenvalue weighted by Crippen LogP contribution is 2.48. The maximum atomic E-state index is 11.6. The number of nitrogens with zero attached hydrogens (tertiary/aromatic N) is 3. The third-order valence-corrected chi connectivity index (χ3v) is 5.95. The molecule has 0 spiro atoms. The Morgan fingerprint density at radius 3 is 2.64 bits per heavy atom. The van der Waals surface area contributed by atoms with E-state index in [0.717, 1.165) is 43.6 Å². The van der Waals surface area contributed by atoms with E-state index in [2.05, 4.69) is 46.1 Å². The van der Waals surface area contributed by atoms with Crippen molar-refractivity contribution in [2.24, 2.45) is 11.8 Å². The summed E-state index contributed by atoms with van der Waals surface area (Å²) in [6.07, 6.45) is 6.75. The molecule has 1 saturated heterocycles. The normalized spacial score (nSPS) is 29.5. The average Bonchev–Trinajstić information content (AvgIpc) is 3.02. The molecular weight excluding hydrogens is 312 g/mol. The minimum atomic E-state index is -0.705. The molecule has 1 aromatic carbocycles. The summed E-state index contributed by atoms with van der Waals surface area (Å²) in [6, 6.07) is 8.42. The van der Waals surface area contributed by atoms with Gasteiger partial charge in [-0.2, -0.15) is 0 Å². The number of nitrogens with two attached hydrogens (primary N) is 1. The summed E-state index contributed by atoms with van der Waals surface area (Å²) in [5, 5.41) is 11.6. The van der Waals surface area contributed by atoms with Gasteiger partial charge in [0, 0.05) is 43.5 Å². The molecule has 1 saturated carbocycles. The molecule has 0 amide bonds. The van der Waals surface area contributed by atoms with Crippen LogP contribution in [-0.2, 0) is 12.1 Å². The average molecular weight is 338 g/mol. The largest absolute Gasteiger partial charge is 0.385 e. The van der Waals surface area contributed by atoms with Crippen molar-refractivity contribution >= 4 is 5.95 Å². The van der Waals surface area contributed by atoms with Crippen molar-refractivity contribution in [3.63, 3.8) is 0 Å². The molecule has 2 aromatic rings. The molecule has 2 heterocycles. The van der Waals surface area contributed by atoms with Crippen LogP contribution in [0.3, 0.4) is 0 Å². The predicted molar refractivity (Wildman–Crippen MR) is 97.6 cm³/mol. The Labute approximate surface area is 148 Å². The molecule has 2 fully saturated rings. The second-order valence-corrected chi connectivity index (χ2v) is 7.69. The number of benzene rings is 1. The highest BCUT2D eigenvalue weighted by molar-refractivity contribution is 5.29. The Bertz CT molecular complexity index is 730. The highest BCUT2D eigenvalue weighted by Gasteiger charge is 2.49. The zero-order valence-electron chi connectivity index (χ0n) is 14.7. The van der Waals surface area contributed by atoms with Crippen molar-refractivity contribution in [3.8, 4) is 0 Å². The Morgan fingerprint density at radius 2 is 1.92 bits per heavy atom. The van der Waals surface area contributed by atoms with Gasteiger partial charge in [0.15, 0.2) is 0 Å². The summed E-state index contributed by atoms with van der Waals surface area (Å²) < 4.78 is 0. The monoisotopic (exact) mass is 338 g/mol. The molecule has 3 atom stereocenters. The summed E-state index contributed by atoms with van der Waals surface area (Å²) in [7, 11) is 0. The lowest BCUT2D eigenvalue weighted by Gasteiger charge is -2.41. The van der Waals surface area contributed by atoms with Crippen LogP contribution in [0.1, 0.15) is 36.0 Å². The van der Waals surface area contributed by atoms with Gasteiger partial charge < -0.3 is 10.8 Å². The fourth-order valence-electron chi connectivity index (χ4n) is 4.65. The molecule has 1 aliphatic carbocycles. The van der Waals surface area contributed by atoms with Crippen LogP contribution in [0.4, 0.5) is 5.95 Å². The van der Waals surface area contributed by atoms with E-state index >= 15 is 0 Å². The van der Waals surface area contributed by atoms with E-state index in [0.29, 0.717) is 17.8 Å². The first-order valence-corrected chi connectivity index (χ1v) is 9.13. The van der Waals surface area contributed by atoms with Gasteiger partial charge in [0.1, 0.15) is 0 Å². The first kappa shape index (κ1) is 16.5. The van der Waals surface area contributed by atoms with E-state index in [4.69, 9.17) is 5.73 Å². The number of hydrogen-bond acceptors (Lipinski definition) is 5. The van der Waals surface area contributed by atoms with Gasteiger partial charge in [-0.1, -0.05) is 29.8 Å². The van der Waals surface area contributed by atoms with E-state index in [9.17, 15) is 5.11 Å². The van der Waals surface area contributed by atoms with Crippen molar-refractivity contribution < 1.29 is 5.11 Å². The van der Waals surface area contributed by atoms with Crippen LogP contribution in [-0.4, -0.2) is 33.1 Å². The van der Waals surface area contributed by atoms with Gasteiger partial charge in [-0.25, -0.2) is 9.97 Å². The Balaban J connectivity index is 1.53. The molecule has 0 radical (unpaired) electrons. The smallest absolute Gasteiger partial charge is 0.219 e. The molecule has 5 heteroatoms. The van der Waals surface area contributed by atoms with Crippen LogP contribution < -0.4 is 5.73 Å². The summed E-state index contributed by atoms with van der Waals surface area (Å²) in [6.45, 7) is 4.85. The number of fused-ring (bicyclic) bond motifs is 1. The van der Waals surface area contributed by atoms with Gasteiger partial charge in [-0.05, 0) is 37.7 Å². The van der Waals surface area contributed by atoms with Crippen molar-refractivity contribution in [2.45, 2.75) is 38.3 Å². The van der Waals surface area contributed by atoms with Crippen LogP contribution >= 0.6 is 0 Å². The van der Waals surface area contributed by atoms with Gasteiger partial charge in [0.25, 0.3) is 0 Å². The molecule has 0 bridgehead atoms. The van der Waals surface area contributed by atoms with Crippen LogP contribution in [0.5, 0.6) is 0 Å². The molecule has 25 heavy (non-hydrogen) atoms. The number of aryl methyl sites for hydroxylation is 1. The Kier molecular flexibility index (Phi) is 4.21. The molecule has 132 valence electrons. The van der Waals surface area contributed by atoms with Gasteiger partial charge in [-0.15, -0.1) is 0 Å². The molecule has 4 rings (SSSR count). The number of anilines is 1. The molecule has 3 N–H and O–H groups in total. The maximum absolute atomic E-state index is 11.6. The molecular formula is C20H26N4O. The molecule has 0 unspecified atom stereocenters. The third-order valence-electron chi connectivity index (χ3n) is 5.95. The first-order chi connectivity index (χ1) is 12.0. The van der Waals surface area contributed by atoms with Gasteiger partial charge in [-0.3, -0.25) is 4.90 Å². The number of hydrogen-bond donors (Lipinski definition) is 2. The van der Waals surface area contributed by atoms with Crippen molar-refractivity contribution in [1.82, 2.24) is 14.9 Å². The Morgan fingerprint density at radius 1 is 1.20 bits per heavy atom. The predicted octanol–water partition coefficient (Wildman–Crippen LogP) is 2.49. The zero-order chi connectivity index (χ0) is 17.4. The van der Waals surface area contributed by atoms with Crippen molar-refractivity contribution in [1.29, 1.82) is 0 Å². The van der Waals surface area contributed by atoms with Crippen LogP contribution in [0.2, 0.25) is 0 Å². The van der Waals surface area contributed by atoms with Crippen LogP contribution in [0.15, 0.2) is 36.7 Å². The molecule has 2 aliphatic rings. The topological polar surface area (TPSA) is 75.3 Å². The van der Waals surface area contributed by atoms with Crippen LogP contribution in [0.25, 0.3) is 0 Å². The number of aromatic nitrogens is 2. The number of likely N-dealkylation sites (tertiary alicyclic amines) is 1. The van der Waals surface area contributed by atoms with Gasteiger partial charge >= 0.3 is 0 Å². The summed E-state index contributed by atoms with van der Waals surface area (Å²) in [5.74, 6) is 1.15. The van der Waals surface area contributed by atoms with E-state index in [1.807, 2.05) is 0 Å². The zero-order valence-corrected chi connectivity index (χ0v) is 14.7. The lowest BCUT2D eigenvalue weighted by molar-refractivity contribution is -0.0648. The van der Waals surface area contributed by atoms with Gasteiger partial charge in [0.2, 0.25) is 5.95 Å². The maximum Gasteiger partial charge on any atom is 0.219 e. The number of rotatable bonds is 3. The van der Waals surface area contributed by atoms with Crippen molar-refractivity contribution in [2.75, 3.05) is 18.8 Å². The quantitative estimate of drug-likeness (QED) is 0.899. The second kappa shape index (κ2) is 6.39. The summed E-state index contributed by atoms with van der Waals surface area (Å²) in [5.41, 5.74) is 8.25. The third kappa shape index (κ3) is 3.14. The summed E-state index contributed by atoms with van der Waals surface area (Å²) >= 11 is 0. The minimum absolute atomic E-state index is 0.290. The lowest BCUT2D eigenvalue weighted by Crippen LogP contribution is -2.42.